The molecule has 0 unspecified atom stereocenters. The van der Waals surface area contributed by atoms with Crippen LogP contribution in [0.2, 0.25) is 0 Å². The molecule has 0 aliphatic carbocycles. The number of nitrogens with one attached hydrogen (secondary N) is 1. The Morgan fingerprint density at radius 3 is 2.52 bits per heavy atom. The van der Waals surface area contributed by atoms with Gasteiger partial charge in [-0.15, -0.1) is 0 Å². The van der Waals surface area contributed by atoms with Gasteiger partial charge in [-0.25, -0.2) is 0 Å². The fourth-order valence-corrected chi connectivity index (χ4v) is 4.46. The molecule has 3 aromatic rings. The SMILES string of the molecule is CC[C@@H](C(=O)NC(C)C)N(Cc1cccc(C)c1)C(=O)COc1ccc2ccccc2c1Br. The van der Waals surface area contributed by atoms with Crippen LogP contribution in [0, 0.1) is 6.92 Å². The molecule has 0 spiro atoms. The van der Waals surface area contributed by atoms with E-state index in [2.05, 4.69) is 21.2 Å². The second kappa shape index (κ2) is 11.3. The highest BCUT2D eigenvalue weighted by Gasteiger charge is 2.29. The molecule has 174 valence electrons. The van der Waals surface area contributed by atoms with Gasteiger partial charge in [-0.3, -0.25) is 9.59 Å². The molecular formula is C27H31BrN2O3. The van der Waals surface area contributed by atoms with Crippen molar-refractivity contribution in [1.29, 1.82) is 0 Å². The Bertz CT molecular complexity index is 1130. The van der Waals surface area contributed by atoms with E-state index in [9.17, 15) is 9.59 Å². The Morgan fingerprint density at radius 2 is 1.82 bits per heavy atom. The minimum absolute atomic E-state index is 0.00715. The van der Waals surface area contributed by atoms with Gasteiger partial charge in [0.2, 0.25) is 5.91 Å². The fourth-order valence-electron chi connectivity index (χ4n) is 3.85. The number of ether oxygens (including phenoxy) is 1. The smallest absolute Gasteiger partial charge is 0.261 e. The first-order chi connectivity index (χ1) is 15.8. The van der Waals surface area contributed by atoms with E-state index in [1.54, 1.807) is 4.90 Å². The number of benzene rings is 3. The Morgan fingerprint density at radius 1 is 1.06 bits per heavy atom. The first kappa shape index (κ1) is 24.8. The summed E-state index contributed by atoms with van der Waals surface area (Å²) >= 11 is 3.61. The van der Waals surface area contributed by atoms with Gasteiger partial charge >= 0.3 is 0 Å². The van der Waals surface area contributed by atoms with Crippen LogP contribution < -0.4 is 10.1 Å². The van der Waals surface area contributed by atoms with Gasteiger partial charge in [-0.1, -0.05) is 67.1 Å². The third-order valence-electron chi connectivity index (χ3n) is 5.43. The first-order valence-corrected chi connectivity index (χ1v) is 12.0. The van der Waals surface area contributed by atoms with Crippen LogP contribution in [0.3, 0.4) is 0 Å². The van der Waals surface area contributed by atoms with Crippen LogP contribution in [0.15, 0.2) is 65.1 Å². The number of hydrogen-bond donors (Lipinski definition) is 1. The number of rotatable bonds is 9. The van der Waals surface area contributed by atoms with Crippen LogP contribution in [0.4, 0.5) is 0 Å². The third-order valence-corrected chi connectivity index (χ3v) is 6.25. The van der Waals surface area contributed by atoms with Crippen LogP contribution in [0.1, 0.15) is 38.3 Å². The summed E-state index contributed by atoms with van der Waals surface area (Å²) in [6.45, 7) is 7.94. The molecule has 0 saturated heterocycles. The first-order valence-electron chi connectivity index (χ1n) is 11.3. The van der Waals surface area contributed by atoms with Gasteiger partial charge < -0.3 is 15.0 Å². The topological polar surface area (TPSA) is 58.6 Å². The van der Waals surface area contributed by atoms with E-state index in [0.717, 1.165) is 26.4 Å². The maximum absolute atomic E-state index is 13.4. The van der Waals surface area contributed by atoms with Crippen molar-refractivity contribution in [2.45, 2.75) is 52.7 Å². The number of halogens is 1. The summed E-state index contributed by atoms with van der Waals surface area (Å²) in [6, 6.07) is 19.2. The van der Waals surface area contributed by atoms with Crippen LogP contribution in [0.25, 0.3) is 10.8 Å². The molecule has 33 heavy (non-hydrogen) atoms. The number of amides is 2. The minimum Gasteiger partial charge on any atom is -0.483 e. The van der Waals surface area contributed by atoms with Gasteiger partial charge in [0.15, 0.2) is 6.61 Å². The maximum atomic E-state index is 13.4. The lowest BCUT2D eigenvalue weighted by molar-refractivity contribution is -0.143. The highest BCUT2D eigenvalue weighted by atomic mass is 79.9. The number of aryl methyl sites for hydroxylation is 1. The van der Waals surface area contributed by atoms with E-state index in [0.29, 0.717) is 18.7 Å². The zero-order valence-electron chi connectivity index (χ0n) is 19.6. The molecule has 0 bridgehead atoms. The van der Waals surface area contributed by atoms with Gasteiger partial charge in [0.25, 0.3) is 5.91 Å². The van der Waals surface area contributed by atoms with Crippen molar-refractivity contribution in [2.75, 3.05) is 6.61 Å². The molecule has 0 heterocycles. The Labute approximate surface area is 204 Å². The molecule has 0 fully saturated rings. The van der Waals surface area contributed by atoms with Gasteiger partial charge in [-0.2, -0.15) is 0 Å². The van der Waals surface area contributed by atoms with Crippen molar-refractivity contribution in [1.82, 2.24) is 10.2 Å². The molecule has 0 aromatic heterocycles. The third kappa shape index (κ3) is 6.35. The van der Waals surface area contributed by atoms with E-state index in [1.165, 1.54) is 0 Å². The quantitative estimate of drug-likeness (QED) is 0.406. The van der Waals surface area contributed by atoms with Crippen molar-refractivity contribution in [3.63, 3.8) is 0 Å². The molecule has 3 aromatic carbocycles. The van der Waals surface area contributed by atoms with Gasteiger partial charge in [0, 0.05) is 12.6 Å². The van der Waals surface area contributed by atoms with E-state index >= 15 is 0 Å². The summed E-state index contributed by atoms with van der Waals surface area (Å²) in [5.74, 6) is 0.208. The molecule has 6 heteroatoms. The summed E-state index contributed by atoms with van der Waals surface area (Å²) in [6.07, 6.45) is 0.510. The van der Waals surface area contributed by atoms with E-state index in [-0.39, 0.29) is 24.5 Å². The van der Waals surface area contributed by atoms with Crippen molar-refractivity contribution in [3.8, 4) is 5.75 Å². The molecule has 5 nitrogen and oxygen atoms in total. The van der Waals surface area contributed by atoms with Crippen molar-refractivity contribution in [3.05, 3.63) is 76.3 Å². The monoisotopic (exact) mass is 510 g/mol. The summed E-state index contributed by atoms with van der Waals surface area (Å²) in [5, 5.41) is 5.05. The Kier molecular flexibility index (Phi) is 8.50. The predicted octanol–water partition coefficient (Wildman–Crippen LogP) is 5.62. The fraction of sp³-hybridized carbons (Fsp3) is 0.333. The second-order valence-corrected chi connectivity index (χ2v) is 9.28. The molecule has 0 saturated carbocycles. The highest BCUT2D eigenvalue weighted by Crippen LogP contribution is 2.33. The van der Waals surface area contributed by atoms with E-state index in [1.807, 2.05) is 88.4 Å². The second-order valence-electron chi connectivity index (χ2n) is 8.49. The van der Waals surface area contributed by atoms with Crippen LogP contribution in [-0.4, -0.2) is 35.4 Å². The molecule has 0 radical (unpaired) electrons. The Balaban J connectivity index is 1.83. The molecular weight excluding hydrogens is 480 g/mol. The molecule has 0 aliphatic heterocycles. The van der Waals surface area contributed by atoms with Gasteiger partial charge in [0.05, 0.1) is 4.47 Å². The lowest BCUT2D eigenvalue weighted by Crippen LogP contribution is -2.51. The zero-order valence-corrected chi connectivity index (χ0v) is 21.2. The Hall–Kier alpha value is -2.86. The van der Waals surface area contributed by atoms with Crippen molar-refractivity contribution < 1.29 is 14.3 Å². The molecule has 0 aliphatic rings. The summed E-state index contributed by atoms with van der Waals surface area (Å²) in [7, 11) is 0. The summed E-state index contributed by atoms with van der Waals surface area (Å²) < 4.78 is 6.74. The predicted molar refractivity (Wildman–Crippen MR) is 136 cm³/mol. The largest absolute Gasteiger partial charge is 0.483 e. The summed E-state index contributed by atoms with van der Waals surface area (Å²) in [5.41, 5.74) is 2.09. The number of nitrogens with zero attached hydrogens (tertiary/aromatic N) is 1. The lowest BCUT2D eigenvalue weighted by atomic mass is 10.1. The van der Waals surface area contributed by atoms with Crippen LogP contribution >= 0.6 is 15.9 Å². The van der Waals surface area contributed by atoms with E-state index in [4.69, 9.17) is 4.74 Å². The van der Waals surface area contributed by atoms with Crippen molar-refractivity contribution >= 4 is 38.5 Å². The van der Waals surface area contributed by atoms with Gasteiger partial charge in [0.1, 0.15) is 11.8 Å². The average Bonchev–Trinajstić information content (AvgIpc) is 2.78. The van der Waals surface area contributed by atoms with Crippen molar-refractivity contribution in [2.24, 2.45) is 0 Å². The molecule has 2 amide bonds. The average molecular weight is 511 g/mol. The maximum Gasteiger partial charge on any atom is 0.261 e. The normalized spacial score (nSPS) is 11.9. The zero-order chi connectivity index (χ0) is 24.0. The number of fused-ring (bicyclic) bond motifs is 1. The molecule has 1 N–H and O–H groups in total. The standard InChI is InChI=1S/C27H31BrN2O3/c1-5-23(27(32)29-18(2)3)30(16-20-10-8-9-19(4)15-20)25(31)17-33-24-14-13-21-11-6-7-12-22(21)26(24)28/h6-15,18,23H,5,16-17H2,1-4H3,(H,29,32)/t23-/m0/s1. The van der Waals surface area contributed by atoms with Crippen LogP contribution in [-0.2, 0) is 16.1 Å². The number of carbonyl (C=O) groups is 2. The highest BCUT2D eigenvalue weighted by molar-refractivity contribution is 9.10. The van der Waals surface area contributed by atoms with E-state index < -0.39 is 6.04 Å². The molecule has 3 rings (SSSR count). The van der Waals surface area contributed by atoms with Gasteiger partial charge in [-0.05, 0) is 65.5 Å². The lowest BCUT2D eigenvalue weighted by Gasteiger charge is -2.31. The number of carbonyl (C=O) groups excluding carboxylic acids is 2. The number of hydrogen-bond acceptors (Lipinski definition) is 3. The van der Waals surface area contributed by atoms with Crippen LogP contribution in [0.5, 0.6) is 5.75 Å². The minimum atomic E-state index is -0.580. The summed E-state index contributed by atoms with van der Waals surface area (Å²) in [4.78, 5) is 27.9. The molecule has 1 atom stereocenters.